The Labute approximate surface area is 167 Å². The second kappa shape index (κ2) is 7.19. The highest BCUT2D eigenvalue weighted by molar-refractivity contribution is 6.07. The number of imide groups is 1. The topological polar surface area (TPSA) is 110 Å². The number of carbonyl (C=O) groups is 3. The van der Waals surface area contributed by atoms with Crippen molar-refractivity contribution in [2.75, 3.05) is 20.2 Å². The minimum absolute atomic E-state index is 0.0494. The predicted molar refractivity (Wildman–Crippen MR) is 101 cm³/mol. The Balaban J connectivity index is 1.50. The summed E-state index contributed by atoms with van der Waals surface area (Å²) in [4.78, 5) is 45.2. The first kappa shape index (κ1) is 18.9. The van der Waals surface area contributed by atoms with E-state index in [1.807, 2.05) is 30.3 Å². The van der Waals surface area contributed by atoms with E-state index in [0.29, 0.717) is 32.5 Å². The molecule has 2 saturated heterocycles. The molecule has 0 atom stereocenters. The van der Waals surface area contributed by atoms with Crippen molar-refractivity contribution in [3.8, 4) is 6.01 Å². The highest BCUT2D eigenvalue weighted by Gasteiger charge is 2.54. The van der Waals surface area contributed by atoms with Gasteiger partial charge in [-0.25, -0.2) is 9.48 Å². The van der Waals surface area contributed by atoms with Gasteiger partial charge in [0.15, 0.2) is 0 Å². The lowest BCUT2D eigenvalue weighted by Crippen LogP contribution is -2.57. The molecule has 29 heavy (non-hydrogen) atoms. The first-order valence-corrected chi connectivity index (χ1v) is 9.36. The van der Waals surface area contributed by atoms with Gasteiger partial charge in [-0.1, -0.05) is 30.3 Å². The molecule has 0 aliphatic carbocycles. The zero-order valence-electron chi connectivity index (χ0n) is 16.3. The lowest BCUT2D eigenvalue weighted by molar-refractivity contribution is -0.129. The van der Waals surface area contributed by atoms with Crippen LogP contribution < -0.4 is 10.1 Å². The summed E-state index contributed by atoms with van der Waals surface area (Å²) < 4.78 is 6.45. The van der Waals surface area contributed by atoms with E-state index in [-0.39, 0.29) is 23.6 Å². The Kier molecular flexibility index (Phi) is 4.69. The van der Waals surface area contributed by atoms with E-state index in [1.165, 1.54) is 11.8 Å². The van der Waals surface area contributed by atoms with Gasteiger partial charge in [-0.05, 0) is 18.4 Å². The predicted octanol–water partition coefficient (Wildman–Crippen LogP) is 0.550. The quantitative estimate of drug-likeness (QED) is 0.754. The molecule has 4 rings (SSSR count). The Bertz CT molecular complexity index is 949. The van der Waals surface area contributed by atoms with Crippen molar-refractivity contribution >= 4 is 17.8 Å². The fraction of sp³-hybridized carbons (Fsp3) is 0.421. The summed E-state index contributed by atoms with van der Waals surface area (Å²) in [6.45, 7) is 0.988. The standard InChI is InChI=1S/C19H22N6O4/c1-23-18(29-2)20-14(22-23)15(26)24-10-8-19(9-11-24)16(27)21-17(28)25(19)12-13-6-4-3-5-7-13/h3-7H,8-12H2,1-2H3,(H,21,27,28). The van der Waals surface area contributed by atoms with Crippen LogP contribution in [0.2, 0.25) is 0 Å². The van der Waals surface area contributed by atoms with E-state index in [1.54, 1.807) is 16.8 Å². The Morgan fingerprint density at radius 2 is 1.90 bits per heavy atom. The molecule has 2 fully saturated rings. The highest BCUT2D eigenvalue weighted by Crippen LogP contribution is 2.34. The second-order valence-corrected chi connectivity index (χ2v) is 7.20. The number of nitrogens with zero attached hydrogens (tertiary/aromatic N) is 5. The summed E-state index contributed by atoms with van der Waals surface area (Å²) >= 11 is 0. The Morgan fingerprint density at radius 3 is 2.52 bits per heavy atom. The van der Waals surface area contributed by atoms with Crippen LogP contribution in [0.3, 0.4) is 0 Å². The van der Waals surface area contributed by atoms with Crippen LogP contribution in [0.5, 0.6) is 6.01 Å². The molecule has 1 aromatic carbocycles. The lowest BCUT2D eigenvalue weighted by Gasteiger charge is -2.42. The Hall–Kier alpha value is -3.43. The average Bonchev–Trinajstić information content (AvgIpc) is 3.21. The third kappa shape index (κ3) is 3.20. The van der Waals surface area contributed by atoms with E-state index in [4.69, 9.17) is 4.74 Å². The molecule has 0 radical (unpaired) electrons. The lowest BCUT2D eigenvalue weighted by atomic mass is 9.85. The zero-order valence-corrected chi connectivity index (χ0v) is 16.3. The van der Waals surface area contributed by atoms with Crippen molar-refractivity contribution in [2.45, 2.75) is 24.9 Å². The maximum atomic E-state index is 12.8. The number of hydrogen-bond acceptors (Lipinski definition) is 6. The maximum absolute atomic E-state index is 12.8. The molecule has 0 unspecified atom stereocenters. The number of aryl methyl sites for hydroxylation is 1. The van der Waals surface area contributed by atoms with Crippen LogP contribution in [0.25, 0.3) is 0 Å². The van der Waals surface area contributed by atoms with E-state index < -0.39 is 11.6 Å². The molecular weight excluding hydrogens is 376 g/mol. The van der Waals surface area contributed by atoms with Crippen molar-refractivity contribution in [1.82, 2.24) is 29.9 Å². The van der Waals surface area contributed by atoms with Gasteiger partial charge in [-0.2, -0.15) is 4.98 Å². The molecule has 2 aromatic rings. The van der Waals surface area contributed by atoms with E-state index >= 15 is 0 Å². The molecule has 10 heteroatoms. The number of methoxy groups -OCH3 is 1. The summed E-state index contributed by atoms with van der Waals surface area (Å²) in [5.41, 5.74) is -0.00104. The van der Waals surface area contributed by atoms with Gasteiger partial charge in [0.05, 0.1) is 7.11 Å². The number of nitrogens with one attached hydrogen (secondary N) is 1. The molecule has 0 bridgehead atoms. The SMILES string of the molecule is COc1nc(C(=O)N2CCC3(CC2)C(=O)NC(=O)N3Cc2ccccc2)nn1C. The van der Waals surface area contributed by atoms with Crippen molar-refractivity contribution in [3.05, 3.63) is 41.7 Å². The van der Waals surface area contributed by atoms with Crippen LogP contribution in [-0.4, -0.2) is 68.1 Å². The summed E-state index contributed by atoms with van der Waals surface area (Å²) in [5.74, 6) is -0.574. The summed E-state index contributed by atoms with van der Waals surface area (Å²) in [6.07, 6.45) is 0.709. The van der Waals surface area contributed by atoms with Gasteiger partial charge < -0.3 is 14.5 Å². The summed E-state index contributed by atoms with van der Waals surface area (Å²) in [7, 11) is 3.10. The number of ether oxygens (including phenoxy) is 1. The molecule has 1 N–H and O–H groups in total. The molecule has 0 saturated carbocycles. The van der Waals surface area contributed by atoms with Crippen LogP contribution in [0.1, 0.15) is 29.0 Å². The summed E-state index contributed by atoms with van der Waals surface area (Å²) in [5, 5.41) is 6.53. The van der Waals surface area contributed by atoms with Gasteiger partial charge in [0.2, 0.25) is 5.82 Å². The van der Waals surface area contributed by atoms with Crippen LogP contribution >= 0.6 is 0 Å². The molecule has 10 nitrogen and oxygen atoms in total. The van der Waals surface area contributed by atoms with Gasteiger partial charge in [-0.15, -0.1) is 5.10 Å². The van der Waals surface area contributed by atoms with Crippen LogP contribution in [0, 0.1) is 0 Å². The molecule has 3 heterocycles. The number of rotatable bonds is 4. The molecule has 2 aliphatic heterocycles. The average molecular weight is 398 g/mol. The molecule has 1 spiro atoms. The third-order valence-corrected chi connectivity index (χ3v) is 5.56. The number of benzene rings is 1. The minimum atomic E-state index is -0.945. The highest BCUT2D eigenvalue weighted by atomic mass is 16.5. The second-order valence-electron chi connectivity index (χ2n) is 7.20. The van der Waals surface area contributed by atoms with E-state index in [2.05, 4.69) is 15.4 Å². The minimum Gasteiger partial charge on any atom is -0.467 e. The number of piperidine rings is 1. The van der Waals surface area contributed by atoms with Gasteiger partial charge in [0.1, 0.15) is 5.54 Å². The van der Waals surface area contributed by atoms with Crippen molar-refractivity contribution < 1.29 is 19.1 Å². The number of aromatic nitrogens is 3. The van der Waals surface area contributed by atoms with E-state index in [0.717, 1.165) is 5.56 Å². The molecule has 1 aromatic heterocycles. The number of carbonyl (C=O) groups excluding carboxylic acids is 3. The fourth-order valence-corrected chi connectivity index (χ4v) is 3.94. The van der Waals surface area contributed by atoms with Crippen molar-refractivity contribution in [2.24, 2.45) is 7.05 Å². The zero-order chi connectivity index (χ0) is 20.6. The first-order chi connectivity index (χ1) is 13.9. The van der Waals surface area contributed by atoms with Crippen molar-refractivity contribution in [1.29, 1.82) is 0 Å². The fourth-order valence-electron chi connectivity index (χ4n) is 3.94. The molecule has 4 amide bonds. The van der Waals surface area contributed by atoms with E-state index in [9.17, 15) is 14.4 Å². The number of hydrogen-bond donors (Lipinski definition) is 1. The van der Waals surface area contributed by atoms with Gasteiger partial charge >= 0.3 is 12.0 Å². The number of amides is 4. The summed E-state index contributed by atoms with van der Waals surface area (Å²) in [6, 6.07) is 9.39. The molecule has 152 valence electrons. The normalized spacial score (nSPS) is 18.3. The van der Waals surface area contributed by atoms with Crippen molar-refractivity contribution in [3.63, 3.8) is 0 Å². The molecular formula is C19H22N6O4. The van der Waals surface area contributed by atoms with Gasteiger partial charge in [0.25, 0.3) is 11.8 Å². The van der Waals surface area contributed by atoms with Crippen LogP contribution in [-0.2, 0) is 18.4 Å². The third-order valence-electron chi connectivity index (χ3n) is 5.56. The van der Waals surface area contributed by atoms with Crippen LogP contribution in [0.4, 0.5) is 4.79 Å². The largest absolute Gasteiger partial charge is 0.467 e. The van der Waals surface area contributed by atoms with Gasteiger partial charge in [-0.3, -0.25) is 14.9 Å². The number of urea groups is 1. The van der Waals surface area contributed by atoms with Crippen LogP contribution in [0.15, 0.2) is 30.3 Å². The smallest absolute Gasteiger partial charge is 0.325 e. The molecule has 2 aliphatic rings. The monoisotopic (exact) mass is 398 g/mol. The number of likely N-dealkylation sites (tertiary alicyclic amines) is 1. The maximum Gasteiger partial charge on any atom is 0.325 e. The Morgan fingerprint density at radius 1 is 1.21 bits per heavy atom. The van der Waals surface area contributed by atoms with Gasteiger partial charge in [0, 0.05) is 26.7 Å². The first-order valence-electron chi connectivity index (χ1n) is 9.36.